The molecule has 3 rings (SSSR count). The van der Waals surface area contributed by atoms with Crippen LogP contribution in [0.4, 0.5) is 5.69 Å². The zero-order valence-corrected chi connectivity index (χ0v) is 16.5. The Labute approximate surface area is 177 Å². The zero-order valence-electron chi connectivity index (χ0n) is 15.0. The molecule has 0 saturated heterocycles. The van der Waals surface area contributed by atoms with Crippen molar-refractivity contribution in [3.63, 3.8) is 0 Å². The molecule has 5 nitrogen and oxygen atoms in total. The molecule has 0 aliphatic heterocycles. The van der Waals surface area contributed by atoms with Crippen LogP contribution in [0, 0.1) is 21.4 Å². The van der Waals surface area contributed by atoms with Crippen LogP contribution in [0.1, 0.15) is 16.7 Å². The van der Waals surface area contributed by atoms with Crippen LogP contribution in [0.15, 0.2) is 66.7 Å². The summed E-state index contributed by atoms with van der Waals surface area (Å²) in [6.07, 6.45) is 1.66. The minimum Gasteiger partial charge on any atom is -0.487 e. The molecule has 7 heteroatoms. The fourth-order valence-electron chi connectivity index (χ4n) is 2.66. The highest BCUT2D eigenvalue weighted by Gasteiger charge is 2.12. The van der Waals surface area contributed by atoms with Crippen molar-refractivity contribution in [3.8, 4) is 11.8 Å². The number of benzene rings is 3. The first kappa shape index (κ1) is 20.4. The Hall–Kier alpha value is -3.33. The van der Waals surface area contributed by atoms with Gasteiger partial charge in [-0.2, -0.15) is 5.26 Å². The maximum atomic E-state index is 10.8. The van der Waals surface area contributed by atoms with E-state index in [4.69, 9.17) is 27.9 Å². The average molecular weight is 425 g/mol. The second-order valence-corrected chi connectivity index (χ2v) is 6.90. The van der Waals surface area contributed by atoms with Gasteiger partial charge in [-0.3, -0.25) is 10.1 Å². The molecule has 0 fully saturated rings. The van der Waals surface area contributed by atoms with Crippen LogP contribution in [0.25, 0.3) is 11.6 Å². The number of hydrogen-bond acceptors (Lipinski definition) is 4. The first-order valence-corrected chi connectivity index (χ1v) is 9.26. The third kappa shape index (κ3) is 5.14. The summed E-state index contributed by atoms with van der Waals surface area (Å²) in [7, 11) is 0. The Morgan fingerprint density at radius 2 is 1.79 bits per heavy atom. The minimum absolute atomic E-state index is 0.00317. The Balaban J connectivity index is 1.92. The summed E-state index contributed by atoms with van der Waals surface area (Å²) in [6.45, 7) is 0.146. The molecule has 0 atom stereocenters. The summed E-state index contributed by atoms with van der Waals surface area (Å²) >= 11 is 12.5. The number of ether oxygens (including phenoxy) is 1. The largest absolute Gasteiger partial charge is 0.487 e. The highest BCUT2D eigenvalue weighted by atomic mass is 35.5. The molecule has 3 aromatic carbocycles. The Bertz CT molecular complexity index is 1110. The predicted molar refractivity (Wildman–Crippen MR) is 114 cm³/mol. The average Bonchev–Trinajstić information content (AvgIpc) is 2.72. The first-order chi connectivity index (χ1) is 14.0. The number of nitriles is 1. The van der Waals surface area contributed by atoms with Crippen molar-refractivity contribution in [2.24, 2.45) is 0 Å². The van der Waals surface area contributed by atoms with Gasteiger partial charge in [0.2, 0.25) is 0 Å². The third-order valence-corrected chi connectivity index (χ3v) is 4.57. The molecule has 0 unspecified atom stereocenters. The zero-order chi connectivity index (χ0) is 20.8. The van der Waals surface area contributed by atoms with Gasteiger partial charge in [0.25, 0.3) is 5.69 Å². The molecule has 0 saturated carbocycles. The van der Waals surface area contributed by atoms with E-state index in [0.29, 0.717) is 26.9 Å². The summed E-state index contributed by atoms with van der Waals surface area (Å²) in [5, 5.41) is 21.1. The normalized spacial score (nSPS) is 11.0. The quantitative estimate of drug-likeness (QED) is 0.194. The SMILES string of the molecule is N#C/C(=C\c1cc(Cl)cc(Cl)c1OCc1ccc([N+](=O)[O-])cc1)c1ccccc1. The molecule has 0 heterocycles. The number of nitro groups is 1. The van der Waals surface area contributed by atoms with E-state index in [1.165, 1.54) is 12.1 Å². The number of hydrogen-bond donors (Lipinski definition) is 0. The van der Waals surface area contributed by atoms with E-state index in [2.05, 4.69) is 6.07 Å². The molecule has 0 radical (unpaired) electrons. The lowest BCUT2D eigenvalue weighted by Gasteiger charge is -2.12. The Kier molecular flexibility index (Phi) is 6.50. The molecule has 0 aliphatic carbocycles. The van der Waals surface area contributed by atoms with E-state index in [-0.39, 0.29) is 12.3 Å². The Morgan fingerprint density at radius 1 is 1.10 bits per heavy atom. The van der Waals surface area contributed by atoms with Crippen LogP contribution in [0.3, 0.4) is 0 Å². The molecule has 0 aliphatic rings. The van der Waals surface area contributed by atoms with Crippen molar-refractivity contribution in [3.05, 3.63) is 104 Å². The lowest BCUT2D eigenvalue weighted by atomic mass is 10.0. The second-order valence-electron chi connectivity index (χ2n) is 6.05. The number of non-ortho nitro benzene ring substituents is 1. The standard InChI is InChI=1S/C22H14Cl2N2O3/c23-19-11-17(10-18(13-25)16-4-2-1-3-5-16)22(21(24)12-19)29-14-15-6-8-20(9-7-15)26(27)28/h1-12H,14H2/b18-10+. The molecule has 144 valence electrons. The van der Waals surface area contributed by atoms with Crippen LogP contribution >= 0.6 is 23.2 Å². The fraction of sp³-hybridized carbons (Fsp3) is 0.0455. The van der Waals surface area contributed by atoms with Crippen molar-refractivity contribution in [1.29, 1.82) is 5.26 Å². The molecular weight excluding hydrogens is 411 g/mol. The van der Waals surface area contributed by atoms with Gasteiger partial charge < -0.3 is 4.74 Å². The molecule has 0 N–H and O–H groups in total. The van der Waals surface area contributed by atoms with E-state index in [9.17, 15) is 15.4 Å². The number of rotatable bonds is 6. The maximum Gasteiger partial charge on any atom is 0.269 e. The van der Waals surface area contributed by atoms with E-state index in [1.54, 1.807) is 30.3 Å². The van der Waals surface area contributed by atoms with Gasteiger partial charge in [-0.05, 0) is 41.5 Å². The van der Waals surface area contributed by atoms with Gasteiger partial charge >= 0.3 is 0 Å². The van der Waals surface area contributed by atoms with E-state index >= 15 is 0 Å². The maximum absolute atomic E-state index is 10.8. The lowest BCUT2D eigenvalue weighted by Crippen LogP contribution is -1.99. The fourth-order valence-corrected chi connectivity index (χ4v) is 3.23. The smallest absolute Gasteiger partial charge is 0.269 e. The summed E-state index contributed by atoms with van der Waals surface area (Å²) in [5.74, 6) is 0.373. The summed E-state index contributed by atoms with van der Waals surface area (Å²) < 4.78 is 5.88. The monoisotopic (exact) mass is 424 g/mol. The number of halogens is 2. The van der Waals surface area contributed by atoms with Crippen molar-refractivity contribution >= 4 is 40.5 Å². The number of nitrogens with zero attached hydrogens (tertiary/aromatic N) is 2. The number of nitro benzene ring substituents is 1. The molecular formula is C22H14Cl2N2O3. The third-order valence-electron chi connectivity index (χ3n) is 4.07. The van der Waals surface area contributed by atoms with Crippen molar-refractivity contribution in [2.75, 3.05) is 0 Å². The van der Waals surface area contributed by atoms with Gasteiger partial charge in [0, 0.05) is 22.7 Å². The van der Waals surface area contributed by atoms with E-state index in [0.717, 1.165) is 11.1 Å². The van der Waals surface area contributed by atoms with E-state index < -0.39 is 4.92 Å². The van der Waals surface area contributed by atoms with Crippen molar-refractivity contribution < 1.29 is 9.66 Å². The minimum atomic E-state index is -0.462. The topological polar surface area (TPSA) is 76.2 Å². The Morgan fingerprint density at radius 3 is 2.41 bits per heavy atom. The van der Waals surface area contributed by atoms with Crippen molar-refractivity contribution in [2.45, 2.75) is 6.61 Å². The van der Waals surface area contributed by atoms with Crippen LogP contribution in [0.5, 0.6) is 5.75 Å². The predicted octanol–water partition coefficient (Wildman–Crippen LogP) is 6.54. The van der Waals surface area contributed by atoms with Gasteiger partial charge in [-0.25, -0.2) is 0 Å². The first-order valence-electron chi connectivity index (χ1n) is 8.50. The molecule has 0 amide bonds. The van der Waals surface area contributed by atoms with Gasteiger partial charge in [-0.15, -0.1) is 0 Å². The molecule has 0 bridgehead atoms. The lowest BCUT2D eigenvalue weighted by molar-refractivity contribution is -0.384. The summed E-state index contributed by atoms with van der Waals surface area (Å²) in [6, 6.07) is 20.7. The second kappa shape index (κ2) is 9.24. The summed E-state index contributed by atoms with van der Waals surface area (Å²) in [4.78, 5) is 10.3. The van der Waals surface area contributed by atoms with Crippen LogP contribution < -0.4 is 4.74 Å². The molecule has 0 spiro atoms. The van der Waals surface area contributed by atoms with Gasteiger partial charge in [0.1, 0.15) is 12.4 Å². The highest BCUT2D eigenvalue weighted by Crippen LogP contribution is 2.35. The highest BCUT2D eigenvalue weighted by molar-refractivity contribution is 6.36. The van der Waals surface area contributed by atoms with Crippen molar-refractivity contribution in [1.82, 2.24) is 0 Å². The van der Waals surface area contributed by atoms with Gasteiger partial charge in [0.05, 0.1) is 21.6 Å². The number of allylic oxidation sites excluding steroid dienone is 1. The van der Waals surface area contributed by atoms with Crippen LogP contribution in [-0.2, 0) is 6.61 Å². The molecule has 29 heavy (non-hydrogen) atoms. The molecule has 0 aromatic heterocycles. The van der Waals surface area contributed by atoms with Gasteiger partial charge in [0.15, 0.2) is 0 Å². The van der Waals surface area contributed by atoms with E-state index in [1.807, 2.05) is 30.3 Å². The van der Waals surface area contributed by atoms with Crippen LogP contribution in [-0.4, -0.2) is 4.92 Å². The van der Waals surface area contributed by atoms with Gasteiger partial charge in [-0.1, -0.05) is 53.5 Å². The molecule has 3 aromatic rings. The summed E-state index contributed by atoms with van der Waals surface area (Å²) in [5.41, 5.74) is 2.49. The van der Waals surface area contributed by atoms with Crippen LogP contribution in [0.2, 0.25) is 10.0 Å².